The maximum absolute atomic E-state index is 13.8. The van der Waals surface area contributed by atoms with E-state index in [4.69, 9.17) is 14.5 Å². The summed E-state index contributed by atoms with van der Waals surface area (Å²) in [6.45, 7) is 12.4. The molecule has 2 aliphatic heterocycles. The van der Waals surface area contributed by atoms with Crippen LogP contribution in [0.2, 0.25) is 0 Å². The zero-order valence-electron chi connectivity index (χ0n) is 34.2. The molecule has 4 N–H and O–H groups in total. The summed E-state index contributed by atoms with van der Waals surface area (Å²) in [6, 6.07) is 13.9. The van der Waals surface area contributed by atoms with E-state index in [1.54, 1.807) is 34.0 Å². The van der Waals surface area contributed by atoms with Crippen molar-refractivity contribution in [3.63, 3.8) is 0 Å². The van der Waals surface area contributed by atoms with Gasteiger partial charge in [0, 0.05) is 22.4 Å². The van der Waals surface area contributed by atoms with Crippen molar-refractivity contribution in [2.75, 3.05) is 26.6 Å². The third-order valence-corrected chi connectivity index (χ3v) is 12.0. The minimum atomic E-state index is -0.730. The molecule has 0 saturated carbocycles. The quantitative estimate of drug-likeness (QED) is 0.128. The first-order chi connectivity index (χ1) is 27.7. The Morgan fingerprint density at radius 1 is 0.759 bits per heavy atom. The summed E-state index contributed by atoms with van der Waals surface area (Å²) in [6.07, 6.45) is 3.91. The first kappa shape index (κ1) is 41.9. The fraction of sp³-hybridized carbons (Fsp3) is 0.442. The number of aromatic amines is 2. The highest BCUT2D eigenvalue weighted by atomic mass is 32.2. The van der Waals surface area contributed by atoms with Crippen molar-refractivity contribution in [2.24, 2.45) is 11.8 Å². The second-order valence-electron chi connectivity index (χ2n) is 15.8. The summed E-state index contributed by atoms with van der Waals surface area (Å²) in [5, 5.41) is 5.39. The Bertz CT molecular complexity index is 2170. The standard InChI is InChI=1S/C43H52N8O6S/c1-25(2)34(48-41(54)56-7)39(52)50-21-9-10-33(50)37-44-22-31(46-37)29-17-13-27(14-18-29)11-12-28-15-19-30(20-16-28)32-23-45-38(47-32)36-43(5,6)58-24-51(36)40(53)35(26(3)4)49-42(55)57-8/h13-20,22-23,25-26,33-36H,9-10,21,24H2,1-8H3,(H,44,46)(H,45,47)(H,48,54)(H,49,55)/t33-,34-,35?,36?/m0/s1. The Kier molecular flexibility index (Phi) is 12.9. The molecule has 4 atom stereocenters. The minimum absolute atomic E-state index is 0.109. The molecule has 2 fully saturated rings. The van der Waals surface area contributed by atoms with Crippen molar-refractivity contribution >= 4 is 35.8 Å². The van der Waals surface area contributed by atoms with Crippen molar-refractivity contribution < 1.29 is 28.7 Å². The van der Waals surface area contributed by atoms with Gasteiger partial charge in [0.15, 0.2) is 0 Å². The summed E-state index contributed by atoms with van der Waals surface area (Å²) in [7, 11) is 2.57. The van der Waals surface area contributed by atoms with Crippen molar-refractivity contribution in [1.29, 1.82) is 0 Å². The Labute approximate surface area is 343 Å². The van der Waals surface area contributed by atoms with E-state index in [0.29, 0.717) is 24.1 Å². The van der Waals surface area contributed by atoms with E-state index in [2.05, 4.69) is 51.3 Å². The Morgan fingerprint density at radius 3 is 1.71 bits per heavy atom. The van der Waals surface area contributed by atoms with Crippen LogP contribution in [0.3, 0.4) is 0 Å². The molecule has 6 rings (SSSR count). The second kappa shape index (κ2) is 17.8. The maximum atomic E-state index is 13.8. The van der Waals surface area contributed by atoms with Gasteiger partial charge < -0.3 is 39.9 Å². The number of alkyl carbamates (subject to hydrolysis) is 2. The topological polar surface area (TPSA) is 175 Å². The van der Waals surface area contributed by atoms with Crippen molar-refractivity contribution in [2.45, 2.75) is 83.3 Å². The minimum Gasteiger partial charge on any atom is -0.453 e. The summed E-state index contributed by atoms with van der Waals surface area (Å²) in [5.74, 6) is 7.79. The molecule has 306 valence electrons. The Hall–Kier alpha value is -5.75. The molecule has 4 amide bonds. The molecular weight excluding hydrogens is 757 g/mol. The van der Waals surface area contributed by atoms with Gasteiger partial charge in [-0.2, -0.15) is 0 Å². The zero-order valence-corrected chi connectivity index (χ0v) is 35.0. The van der Waals surface area contributed by atoms with E-state index in [1.807, 2.05) is 76.2 Å². The van der Waals surface area contributed by atoms with Crippen LogP contribution in [0.25, 0.3) is 22.5 Å². The van der Waals surface area contributed by atoms with Crippen LogP contribution in [-0.2, 0) is 19.1 Å². The van der Waals surface area contributed by atoms with Gasteiger partial charge in [0.2, 0.25) is 11.8 Å². The van der Waals surface area contributed by atoms with E-state index >= 15 is 0 Å². The SMILES string of the molecule is COC(=O)NC(C(=O)N1CSC(C)(C)C1c1ncc(-c2ccc(C#Cc3ccc(-c4cnc([C@@H]5CCCN5C(=O)[C@@H](NC(=O)OC)C(C)C)[nH]4)cc3)cc2)[nH]1)C(C)C. The van der Waals surface area contributed by atoms with E-state index in [-0.39, 0.29) is 40.5 Å². The molecule has 0 spiro atoms. The largest absolute Gasteiger partial charge is 0.453 e. The van der Waals surface area contributed by atoms with Gasteiger partial charge in [-0.25, -0.2) is 19.6 Å². The van der Waals surface area contributed by atoms with Crippen molar-refractivity contribution in [3.8, 4) is 34.4 Å². The molecule has 2 saturated heterocycles. The summed E-state index contributed by atoms with van der Waals surface area (Å²) >= 11 is 1.67. The molecular formula is C43H52N8O6S. The predicted octanol–water partition coefficient (Wildman–Crippen LogP) is 6.64. The molecule has 58 heavy (non-hydrogen) atoms. The molecule has 0 bridgehead atoms. The van der Waals surface area contributed by atoms with Gasteiger partial charge in [-0.3, -0.25) is 9.59 Å². The number of likely N-dealkylation sites (tertiary alicyclic amines) is 1. The lowest BCUT2D eigenvalue weighted by atomic mass is 9.97. The first-order valence-electron chi connectivity index (χ1n) is 19.5. The molecule has 0 radical (unpaired) electrons. The molecule has 2 aliphatic rings. The fourth-order valence-corrected chi connectivity index (χ4v) is 8.53. The number of H-pyrrole nitrogens is 2. The number of nitrogens with one attached hydrogen (secondary N) is 4. The summed E-state index contributed by atoms with van der Waals surface area (Å²) in [4.78, 5) is 71.1. The molecule has 4 heterocycles. The first-order valence-corrected chi connectivity index (χ1v) is 20.5. The highest BCUT2D eigenvalue weighted by Crippen LogP contribution is 2.48. The lowest BCUT2D eigenvalue weighted by molar-refractivity contribution is -0.136. The fourth-order valence-electron chi connectivity index (χ4n) is 7.39. The van der Waals surface area contributed by atoms with Crippen LogP contribution < -0.4 is 10.6 Å². The van der Waals surface area contributed by atoms with Gasteiger partial charge in [0.05, 0.1) is 49.9 Å². The molecule has 2 aromatic heterocycles. The smallest absolute Gasteiger partial charge is 0.407 e. The van der Waals surface area contributed by atoms with Crippen LogP contribution in [0.5, 0.6) is 0 Å². The number of benzene rings is 2. The molecule has 15 heteroatoms. The zero-order chi connectivity index (χ0) is 41.7. The number of methoxy groups -OCH3 is 2. The number of hydrogen-bond donors (Lipinski definition) is 4. The number of thioether (sulfide) groups is 1. The predicted molar refractivity (Wildman–Crippen MR) is 222 cm³/mol. The number of carbonyl (C=O) groups is 4. The van der Waals surface area contributed by atoms with E-state index in [0.717, 1.165) is 46.5 Å². The normalized spacial score (nSPS) is 18.4. The lowest BCUT2D eigenvalue weighted by Crippen LogP contribution is -2.52. The van der Waals surface area contributed by atoms with E-state index in [1.165, 1.54) is 14.2 Å². The summed E-state index contributed by atoms with van der Waals surface area (Å²) in [5.41, 5.74) is 5.25. The number of ether oxygens (including phenoxy) is 2. The van der Waals surface area contributed by atoms with Gasteiger partial charge in [-0.1, -0.05) is 63.8 Å². The number of amides is 4. The van der Waals surface area contributed by atoms with Crippen LogP contribution in [0.4, 0.5) is 9.59 Å². The van der Waals surface area contributed by atoms with E-state index in [9.17, 15) is 19.2 Å². The second-order valence-corrected chi connectivity index (χ2v) is 17.4. The van der Waals surface area contributed by atoms with Gasteiger partial charge >= 0.3 is 12.2 Å². The number of hydrogen-bond acceptors (Lipinski definition) is 9. The molecule has 14 nitrogen and oxygen atoms in total. The number of imidazole rings is 2. The highest BCUT2D eigenvalue weighted by Gasteiger charge is 2.48. The maximum Gasteiger partial charge on any atom is 0.407 e. The van der Waals surface area contributed by atoms with Crippen LogP contribution in [0.15, 0.2) is 60.9 Å². The highest BCUT2D eigenvalue weighted by molar-refractivity contribution is 8.00. The average Bonchev–Trinajstić information content (AvgIpc) is 4.04. The molecule has 2 unspecified atom stereocenters. The number of nitrogens with zero attached hydrogens (tertiary/aromatic N) is 4. The van der Waals surface area contributed by atoms with Crippen LogP contribution in [-0.4, -0.2) is 97.2 Å². The Morgan fingerprint density at radius 2 is 1.22 bits per heavy atom. The molecule has 4 aromatic rings. The summed E-state index contributed by atoms with van der Waals surface area (Å²) < 4.78 is 9.21. The third-order valence-electron chi connectivity index (χ3n) is 10.7. The number of aromatic nitrogens is 4. The van der Waals surface area contributed by atoms with Crippen LogP contribution >= 0.6 is 11.8 Å². The van der Waals surface area contributed by atoms with Crippen molar-refractivity contribution in [1.82, 2.24) is 40.4 Å². The van der Waals surface area contributed by atoms with Gasteiger partial charge in [0.1, 0.15) is 29.8 Å². The van der Waals surface area contributed by atoms with Crippen LogP contribution in [0, 0.1) is 23.7 Å². The van der Waals surface area contributed by atoms with Crippen LogP contribution in [0.1, 0.15) is 89.2 Å². The monoisotopic (exact) mass is 808 g/mol. The third kappa shape index (κ3) is 9.18. The molecule has 0 aliphatic carbocycles. The Balaban J connectivity index is 1.10. The molecule has 2 aromatic carbocycles. The lowest BCUT2D eigenvalue weighted by Gasteiger charge is -2.33. The van der Waals surface area contributed by atoms with E-state index < -0.39 is 24.3 Å². The van der Waals surface area contributed by atoms with Gasteiger partial charge in [0.25, 0.3) is 0 Å². The number of rotatable bonds is 10. The number of carbonyl (C=O) groups excluding carboxylic acids is 4. The average molecular weight is 809 g/mol. The van der Waals surface area contributed by atoms with Gasteiger partial charge in [-0.05, 0) is 73.9 Å². The van der Waals surface area contributed by atoms with Gasteiger partial charge in [-0.15, -0.1) is 11.8 Å². The van der Waals surface area contributed by atoms with Crippen molar-refractivity contribution in [3.05, 3.63) is 83.7 Å².